The minimum Gasteiger partial charge on any atom is -0.494 e. The molecule has 2 amide bonds. The summed E-state index contributed by atoms with van der Waals surface area (Å²) < 4.78 is 10.6. The topological polar surface area (TPSA) is 101 Å². The van der Waals surface area contributed by atoms with Crippen molar-refractivity contribution in [2.45, 2.75) is 47.0 Å². The molecule has 8 heteroatoms. The summed E-state index contributed by atoms with van der Waals surface area (Å²) in [6, 6.07) is 7.87. The molecule has 8 nitrogen and oxygen atoms in total. The number of amides is 2. The van der Waals surface area contributed by atoms with Crippen LogP contribution in [0.4, 0.5) is 0 Å². The number of aromatic amines is 1. The van der Waals surface area contributed by atoms with Gasteiger partial charge in [0.15, 0.2) is 0 Å². The van der Waals surface area contributed by atoms with Crippen molar-refractivity contribution in [2.75, 3.05) is 32.8 Å². The molecule has 1 saturated heterocycles. The first kappa shape index (κ1) is 25.3. The van der Waals surface area contributed by atoms with Crippen molar-refractivity contribution in [2.24, 2.45) is 5.92 Å². The first-order chi connectivity index (χ1) is 16.3. The van der Waals surface area contributed by atoms with Gasteiger partial charge in [0, 0.05) is 25.3 Å². The Labute approximate surface area is 201 Å². The molecule has 0 radical (unpaired) electrons. The number of nitrogens with zero attached hydrogens (tertiary/aromatic N) is 1. The van der Waals surface area contributed by atoms with Crippen LogP contribution in [0, 0.1) is 19.8 Å². The van der Waals surface area contributed by atoms with E-state index in [4.69, 9.17) is 9.47 Å². The van der Waals surface area contributed by atoms with E-state index in [-0.39, 0.29) is 24.3 Å². The van der Waals surface area contributed by atoms with Crippen molar-refractivity contribution >= 4 is 17.8 Å². The molecule has 3 rings (SSSR count). The highest BCUT2D eigenvalue weighted by Gasteiger charge is 2.31. The Morgan fingerprint density at radius 1 is 1.12 bits per heavy atom. The van der Waals surface area contributed by atoms with Crippen LogP contribution in [0.15, 0.2) is 24.3 Å². The standard InChI is InChI=1S/C26H35N3O5/c1-5-33-21-11-9-19(10-12-21)13-14-27-24(30)20-8-7-15-29(16-20)25(31)23-17(3)22(18(4)28-23)26(32)34-6-2/h9-12,20,28H,5-8,13-16H2,1-4H3,(H,27,30)/t20-/m0/s1. The van der Waals surface area contributed by atoms with Crippen LogP contribution in [0.1, 0.15) is 64.4 Å². The van der Waals surface area contributed by atoms with Gasteiger partial charge in [0.05, 0.1) is 24.7 Å². The van der Waals surface area contributed by atoms with E-state index in [2.05, 4.69) is 10.3 Å². The van der Waals surface area contributed by atoms with Crippen molar-refractivity contribution in [1.82, 2.24) is 15.2 Å². The third-order valence-corrected chi connectivity index (χ3v) is 6.16. The van der Waals surface area contributed by atoms with Gasteiger partial charge in [-0.25, -0.2) is 4.79 Å². The molecule has 1 aliphatic rings. The average molecular weight is 470 g/mol. The molecule has 1 aromatic carbocycles. The van der Waals surface area contributed by atoms with Gasteiger partial charge in [0.1, 0.15) is 11.4 Å². The van der Waals surface area contributed by atoms with Crippen LogP contribution in [0.2, 0.25) is 0 Å². The zero-order chi connectivity index (χ0) is 24.7. The maximum atomic E-state index is 13.2. The van der Waals surface area contributed by atoms with Crippen LogP contribution in [-0.4, -0.2) is 60.5 Å². The molecular weight excluding hydrogens is 434 g/mol. The number of ether oxygens (including phenoxy) is 2. The molecule has 1 fully saturated rings. The normalized spacial score (nSPS) is 15.6. The van der Waals surface area contributed by atoms with Crippen LogP contribution < -0.4 is 10.1 Å². The first-order valence-corrected chi connectivity index (χ1v) is 12.0. The molecule has 0 unspecified atom stereocenters. The Morgan fingerprint density at radius 2 is 1.85 bits per heavy atom. The fourth-order valence-electron chi connectivity index (χ4n) is 4.40. The zero-order valence-electron chi connectivity index (χ0n) is 20.5. The van der Waals surface area contributed by atoms with Gasteiger partial charge in [-0.2, -0.15) is 0 Å². The number of esters is 1. The SMILES string of the molecule is CCOC(=O)c1c(C)[nH]c(C(=O)N2CCC[C@H](C(=O)NCCc3ccc(OCC)cc3)C2)c1C. The first-order valence-electron chi connectivity index (χ1n) is 12.0. The van der Waals surface area contributed by atoms with E-state index in [0.29, 0.717) is 48.8 Å². The molecule has 184 valence electrons. The average Bonchev–Trinajstić information content (AvgIpc) is 3.13. The summed E-state index contributed by atoms with van der Waals surface area (Å²) in [6.45, 7) is 9.59. The highest BCUT2D eigenvalue weighted by atomic mass is 16.5. The predicted octanol–water partition coefficient (Wildman–Crippen LogP) is 3.42. The van der Waals surface area contributed by atoms with Gasteiger partial charge < -0.3 is 24.7 Å². The van der Waals surface area contributed by atoms with Gasteiger partial charge in [0.25, 0.3) is 5.91 Å². The van der Waals surface area contributed by atoms with E-state index in [1.165, 1.54) is 0 Å². The number of carbonyl (C=O) groups is 3. The third kappa shape index (κ3) is 5.98. The van der Waals surface area contributed by atoms with Crippen molar-refractivity contribution in [3.63, 3.8) is 0 Å². The lowest BCUT2D eigenvalue weighted by molar-refractivity contribution is -0.126. The summed E-state index contributed by atoms with van der Waals surface area (Å²) in [4.78, 5) is 43.0. The number of aromatic nitrogens is 1. The summed E-state index contributed by atoms with van der Waals surface area (Å²) in [5.41, 5.74) is 3.12. The van der Waals surface area contributed by atoms with Crippen molar-refractivity contribution in [1.29, 1.82) is 0 Å². The second kappa shape index (κ2) is 11.7. The fourth-order valence-corrected chi connectivity index (χ4v) is 4.40. The summed E-state index contributed by atoms with van der Waals surface area (Å²) in [7, 11) is 0. The van der Waals surface area contributed by atoms with Crippen molar-refractivity contribution in [3.05, 3.63) is 52.3 Å². The second-order valence-electron chi connectivity index (χ2n) is 8.55. The number of hydrogen-bond acceptors (Lipinski definition) is 5. The molecule has 2 heterocycles. The van der Waals surface area contributed by atoms with Crippen LogP contribution in [-0.2, 0) is 16.0 Å². The van der Waals surface area contributed by atoms with Crippen LogP contribution >= 0.6 is 0 Å². The predicted molar refractivity (Wildman–Crippen MR) is 129 cm³/mol. The number of carbonyl (C=O) groups excluding carboxylic acids is 3. The molecule has 1 aromatic heterocycles. The Bertz CT molecular complexity index is 1010. The monoisotopic (exact) mass is 469 g/mol. The van der Waals surface area contributed by atoms with Gasteiger partial charge in [-0.15, -0.1) is 0 Å². The number of piperidine rings is 1. The van der Waals surface area contributed by atoms with Crippen LogP contribution in [0.5, 0.6) is 5.75 Å². The quantitative estimate of drug-likeness (QED) is 0.548. The second-order valence-corrected chi connectivity index (χ2v) is 8.55. The number of benzene rings is 1. The highest BCUT2D eigenvalue weighted by molar-refractivity contribution is 6.00. The van der Waals surface area contributed by atoms with Crippen LogP contribution in [0.25, 0.3) is 0 Å². The molecule has 0 spiro atoms. The number of rotatable bonds is 9. The molecule has 2 aromatic rings. The van der Waals surface area contributed by atoms with E-state index >= 15 is 0 Å². The van der Waals surface area contributed by atoms with Crippen molar-refractivity contribution in [3.8, 4) is 5.75 Å². The van der Waals surface area contributed by atoms with Crippen LogP contribution in [0.3, 0.4) is 0 Å². The maximum absolute atomic E-state index is 13.2. The molecule has 0 aliphatic carbocycles. The minimum absolute atomic E-state index is 0.0324. The fraction of sp³-hybridized carbons (Fsp3) is 0.500. The van der Waals surface area contributed by atoms with Gasteiger partial charge in [-0.3, -0.25) is 9.59 Å². The molecule has 0 bridgehead atoms. The number of hydrogen-bond donors (Lipinski definition) is 2. The zero-order valence-corrected chi connectivity index (χ0v) is 20.5. The molecule has 2 N–H and O–H groups in total. The van der Waals surface area contributed by atoms with E-state index in [0.717, 1.165) is 30.6 Å². The Balaban J connectivity index is 1.56. The molecular formula is C26H35N3O5. The van der Waals surface area contributed by atoms with E-state index < -0.39 is 5.97 Å². The maximum Gasteiger partial charge on any atom is 0.340 e. The van der Waals surface area contributed by atoms with Gasteiger partial charge in [-0.05, 0) is 70.2 Å². The Hall–Kier alpha value is -3.29. The summed E-state index contributed by atoms with van der Waals surface area (Å²) in [6.07, 6.45) is 2.23. The number of nitrogens with one attached hydrogen (secondary N) is 2. The number of aryl methyl sites for hydroxylation is 1. The van der Waals surface area contributed by atoms with Crippen molar-refractivity contribution < 1.29 is 23.9 Å². The lowest BCUT2D eigenvalue weighted by Gasteiger charge is -2.32. The minimum atomic E-state index is -0.434. The third-order valence-electron chi connectivity index (χ3n) is 6.16. The number of H-pyrrole nitrogens is 1. The Kier molecular flexibility index (Phi) is 8.73. The molecule has 1 atom stereocenters. The highest BCUT2D eigenvalue weighted by Crippen LogP contribution is 2.24. The lowest BCUT2D eigenvalue weighted by atomic mass is 9.96. The van der Waals surface area contributed by atoms with E-state index in [1.54, 1.807) is 25.7 Å². The smallest absolute Gasteiger partial charge is 0.340 e. The van der Waals surface area contributed by atoms with Gasteiger partial charge in [-0.1, -0.05) is 12.1 Å². The Morgan fingerprint density at radius 3 is 2.53 bits per heavy atom. The largest absolute Gasteiger partial charge is 0.494 e. The van der Waals surface area contributed by atoms with E-state index in [1.807, 2.05) is 31.2 Å². The summed E-state index contributed by atoms with van der Waals surface area (Å²) in [5, 5.41) is 3.02. The van der Waals surface area contributed by atoms with E-state index in [9.17, 15) is 14.4 Å². The molecule has 1 aliphatic heterocycles. The summed E-state index contributed by atoms with van der Waals surface area (Å²) in [5.74, 6) is -0.0719. The van der Waals surface area contributed by atoms with Gasteiger partial charge in [0.2, 0.25) is 5.91 Å². The van der Waals surface area contributed by atoms with Gasteiger partial charge >= 0.3 is 5.97 Å². The lowest BCUT2D eigenvalue weighted by Crippen LogP contribution is -2.46. The summed E-state index contributed by atoms with van der Waals surface area (Å²) >= 11 is 0. The number of likely N-dealkylation sites (tertiary alicyclic amines) is 1. The molecule has 34 heavy (non-hydrogen) atoms. The molecule has 0 saturated carbocycles.